The molecule has 1 saturated heterocycles. The summed E-state index contributed by atoms with van der Waals surface area (Å²) >= 11 is 0. The Morgan fingerprint density at radius 2 is 1.92 bits per heavy atom. The standard InChI is InChI=1S/C20H29FN2O2/c1-25-19-8-7-15(13-18(19)21)14-23-11-9-17(10-12-23)22-20(24)16-5-3-2-4-6-16/h7-8,13,16-17H,2-6,9-12,14H2,1H3,(H,22,24). The number of halogens is 1. The lowest BCUT2D eigenvalue weighted by Crippen LogP contribution is -2.46. The molecule has 2 fully saturated rings. The number of carbonyl (C=O) groups is 1. The van der Waals surface area contributed by atoms with Crippen molar-refractivity contribution < 1.29 is 13.9 Å². The third-order valence-corrected chi connectivity index (χ3v) is 5.53. The lowest BCUT2D eigenvalue weighted by Gasteiger charge is -2.33. The quantitative estimate of drug-likeness (QED) is 0.885. The minimum Gasteiger partial charge on any atom is -0.494 e. The number of amides is 1. The van der Waals surface area contributed by atoms with Gasteiger partial charge < -0.3 is 10.1 Å². The molecular formula is C20H29FN2O2. The van der Waals surface area contributed by atoms with Gasteiger partial charge in [-0.2, -0.15) is 0 Å². The van der Waals surface area contributed by atoms with E-state index in [0.717, 1.165) is 50.9 Å². The first-order valence-corrected chi connectivity index (χ1v) is 9.51. The highest BCUT2D eigenvalue weighted by molar-refractivity contribution is 5.79. The minimum absolute atomic E-state index is 0.231. The molecule has 1 aromatic carbocycles. The number of benzene rings is 1. The van der Waals surface area contributed by atoms with Gasteiger partial charge in [0.1, 0.15) is 0 Å². The Labute approximate surface area is 149 Å². The summed E-state index contributed by atoms with van der Waals surface area (Å²) in [7, 11) is 1.48. The van der Waals surface area contributed by atoms with Crippen LogP contribution >= 0.6 is 0 Å². The molecule has 1 N–H and O–H groups in total. The van der Waals surface area contributed by atoms with Gasteiger partial charge in [0.05, 0.1) is 7.11 Å². The van der Waals surface area contributed by atoms with E-state index >= 15 is 0 Å². The maximum atomic E-state index is 13.8. The zero-order valence-corrected chi connectivity index (χ0v) is 15.1. The summed E-state index contributed by atoms with van der Waals surface area (Å²) < 4.78 is 18.8. The maximum Gasteiger partial charge on any atom is 0.223 e. The Bertz CT molecular complexity index is 579. The van der Waals surface area contributed by atoms with Gasteiger partial charge in [-0.15, -0.1) is 0 Å². The minimum atomic E-state index is -0.311. The summed E-state index contributed by atoms with van der Waals surface area (Å²) in [5.41, 5.74) is 0.961. The normalized spacial score (nSPS) is 20.4. The van der Waals surface area contributed by atoms with Gasteiger partial charge in [0.2, 0.25) is 5.91 Å². The molecule has 1 amide bonds. The summed E-state index contributed by atoms with van der Waals surface area (Å²) in [5.74, 6) is 0.465. The van der Waals surface area contributed by atoms with Crippen LogP contribution in [0.1, 0.15) is 50.5 Å². The van der Waals surface area contributed by atoms with E-state index in [9.17, 15) is 9.18 Å². The maximum absolute atomic E-state index is 13.8. The Morgan fingerprint density at radius 1 is 1.20 bits per heavy atom. The molecule has 1 heterocycles. The van der Waals surface area contributed by atoms with Crippen molar-refractivity contribution in [2.75, 3.05) is 20.2 Å². The predicted octanol–water partition coefficient (Wildman–Crippen LogP) is 3.50. The summed E-state index contributed by atoms with van der Waals surface area (Å²) in [6, 6.07) is 5.44. The summed E-state index contributed by atoms with van der Waals surface area (Å²) in [6.07, 6.45) is 7.69. The zero-order valence-electron chi connectivity index (χ0n) is 15.1. The molecule has 0 radical (unpaired) electrons. The molecule has 0 atom stereocenters. The fourth-order valence-electron chi connectivity index (χ4n) is 3.99. The summed E-state index contributed by atoms with van der Waals surface area (Å²) in [6.45, 7) is 2.61. The van der Waals surface area contributed by atoms with Crippen LogP contribution < -0.4 is 10.1 Å². The van der Waals surface area contributed by atoms with E-state index in [1.807, 2.05) is 6.07 Å². The first kappa shape index (κ1) is 18.2. The summed E-state index contributed by atoms with van der Waals surface area (Å²) in [5, 5.41) is 3.26. The Kier molecular flexibility index (Phi) is 6.29. The fourth-order valence-corrected chi connectivity index (χ4v) is 3.99. The van der Waals surface area contributed by atoms with Gasteiger partial charge in [-0.25, -0.2) is 4.39 Å². The largest absolute Gasteiger partial charge is 0.494 e. The number of nitrogens with one attached hydrogen (secondary N) is 1. The highest BCUT2D eigenvalue weighted by Gasteiger charge is 2.25. The Balaban J connectivity index is 1.44. The smallest absolute Gasteiger partial charge is 0.223 e. The number of hydrogen-bond donors (Lipinski definition) is 1. The number of nitrogens with zero attached hydrogens (tertiary/aromatic N) is 1. The van der Waals surface area contributed by atoms with Crippen LogP contribution in [0.5, 0.6) is 5.75 Å². The monoisotopic (exact) mass is 348 g/mol. The molecular weight excluding hydrogens is 319 g/mol. The van der Waals surface area contributed by atoms with Crippen molar-refractivity contribution in [2.24, 2.45) is 5.92 Å². The second-order valence-electron chi connectivity index (χ2n) is 7.36. The van der Waals surface area contributed by atoms with Gasteiger partial charge in [0.15, 0.2) is 11.6 Å². The molecule has 0 aromatic heterocycles. The lowest BCUT2D eigenvalue weighted by atomic mass is 9.88. The zero-order chi connectivity index (χ0) is 17.6. The van der Waals surface area contributed by atoms with Gasteiger partial charge in [0.25, 0.3) is 0 Å². The SMILES string of the molecule is COc1ccc(CN2CCC(NC(=O)C3CCCCC3)CC2)cc1F. The van der Waals surface area contributed by atoms with Crippen molar-refractivity contribution in [3.05, 3.63) is 29.6 Å². The van der Waals surface area contributed by atoms with Crippen LogP contribution in [0.15, 0.2) is 18.2 Å². The Morgan fingerprint density at radius 3 is 2.56 bits per heavy atom. The molecule has 25 heavy (non-hydrogen) atoms. The summed E-state index contributed by atoms with van der Waals surface area (Å²) in [4.78, 5) is 14.7. The van der Waals surface area contributed by atoms with Gasteiger partial charge in [-0.3, -0.25) is 9.69 Å². The number of ether oxygens (including phenoxy) is 1. The molecule has 5 heteroatoms. The first-order chi connectivity index (χ1) is 12.2. The molecule has 3 rings (SSSR count). The predicted molar refractivity (Wildman–Crippen MR) is 96.0 cm³/mol. The van der Waals surface area contributed by atoms with Crippen LogP contribution in [-0.2, 0) is 11.3 Å². The van der Waals surface area contributed by atoms with E-state index in [0.29, 0.717) is 6.04 Å². The molecule has 138 valence electrons. The average molecular weight is 348 g/mol. The highest BCUT2D eigenvalue weighted by atomic mass is 19.1. The molecule has 1 aliphatic carbocycles. The van der Waals surface area contributed by atoms with Crippen molar-refractivity contribution in [2.45, 2.75) is 57.5 Å². The van der Waals surface area contributed by atoms with E-state index in [1.165, 1.54) is 26.4 Å². The van der Waals surface area contributed by atoms with Crippen LogP contribution in [0, 0.1) is 11.7 Å². The highest BCUT2D eigenvalue weighted by Crippen LogP contribution is 2.24. The van der Waals surface area contributed by atoms with Gasteiger partial charge in [-0.1, -0.05) is 25.3 Å². The van der Waals surface area contributed by atoms with Crippen LogP contribution in [0.25, 0.3) is 0 Å². The number of likely N-dealkylation sites (tertiary alicyclic amines) is 1. The van der Waals surface area contributed by atoms with Gasteiger partial charge in [0, 0.05) is 31.6 Å². The molecule has 0 bridgehead atoms. The van der Waals surface area contributed by atoms with Gasteiger partial charge in [-0.05, 0) is 43.4 Å². The van der Waals surface area contributed by atoms with E-state index in [2.05, 4.69) is 10.2 Å². The number of hydrogen-bond acceptors (Lipinski definition) is 3. The van der Waals surface area contributed by atoms with E-state index in [-0.39, 0.29) is 23.4 Å². The third kappa shape index (κ3) is 4.94. The van der Waals surface area contributed by atoms with Crippen LogP contribution in [-0.4, -0.2) is 37.0 Å². The van der Waals surface area contributed by atoms with Crippen molar-refractivity contribution in [3.8, 4) is 5.75 Å². The van der Waals surface area contributed by atoms with Crippen molar-refractivity contribution in [3.63, 3.8) is 0 Å². The van der Waals surface area contributed by atoms with E-state index in [1.54, 1.807) is 12.1 Å². The number of rotatable bonds is 5. The topological polar surface area (TPSA) is 41.6 Å². The average Bonchev–Trinajstić information content (AvgIpc) is 2.64. The second kappa shape index (κ2) is 8.65. The third-order valence-electron chi connectivity index (χ3n) is 5.53. The molecule has 0 spiro atoms. The number of piperidine rings is 1. The van der Waals surface area contributed by atoms with Crippen LogP contribution in [0.2, 0.25) is 0 Å². The van der Waals surface area contributed by atoms with Gasteiger partial charge >= 0.3 is 0 Å². The van der Waals surface area contributed by atoms with Crippen molar-refractivity contribution >= 4 is 5.91 Å². The van der Waals surface area contributed by atoms with Crippen LogP contribution in [0.3, 0.4) is 0 Å². The molecule has 0 unspecified atom stereocenters. The number of carbonyl (C=O) groups excluding carboxylic acids is 1. The molecule has 1 aliphatic heterocycles. The lowest BCUT2D eigenvalue weighted by molar-refractivity contribution is -0.127. The molecule has 1 aromatic rings. The fraction of sp³-hybridized carbons (Fsp3) is 0.650. The second-order valence-corrected chi connectivity index (χ2v) is 7.36. The number of methoxy groups -OCH3 is 1. The van der Waals surface area contributed by atoms with E-state index in [4.69, 9.17) is 4.74 Å². The molecule has 2 aliphatic rings. The molecule has 4 nitrogen and oxygen atoms in total. The Hall–Kier alpha value is -1.62. The van der Waals surface area contributed by atoms with Crippen molar-refractivity contribution in [1.29, 1.82) is 0 Å². The van der Waals surface area contributed by atoms with E-state index < -0.39 is 0 Å². The first-order valence-electron chi connectivity index (χ1n) is 9.51. The van der Waals surface area contributed by atoms with Crippen molar-refractivity contribution in [1.82, 2.24) is 10.2 Å². The molecule has 1 saturated carbocycles. The van der Waals surface area contributed by atoms with Crippen LogP contribution in [0.4, 0.5) is 4.39 Å².